The second-order valence-electron chi connectivity index (χ2n) is 5.08. The molecule has 1 atom stereocenters. The fraction of sp³-hybridized carbons (Fsp3) is 0.333. The van der Waals surface area contributed by atoms with Crippen molar-refractivity contribution >= 4 is 11.8 Å². The number of nitrogen functional groups attached to an aromatic ring is 1. The third kappa shape index (κ3) is 3.11. The molecule has 0 saturated carbocycles. The van der Waals surface area contributed by atoms with Gasteiger partial charge in [0.2, 0.25) is 5.95 Å². The van der Waals surface area contributed by atoms with Crippen molar-refractivity contribution in [1.29, 1.82) is 0 Å². The maximum atomic E-state index is 13.0. The minimum absolute atomic E-state index is 0.101. The van der Waals surface area contributed by atoms with Gasteiger partial charge in [0.15, 0.2) is 0 Å². The Morgan fingerprint density at radius 2 is 2.05 bits per heavy atom. The van der Waals surface area contributed by atoms with Crippen molar-refractivity contribution in [1.82, 2.24) is 9.97 Å². The van der Waals surface area contributed by atoms with Crippen LogP contribution in [0.5, 0.6) is 0 Å². The minimum atomic E-state index is -0.245. The van der Waals surface area contributed by atoms with Gasteiger partial charge in [-0.3, -0.25) is 0 Å². The second kappa shape index (κ2) is 5.65. The van der Waals surface area contributed by atoms with Crippen LogP contribution in [-0.4, -0.2) is 29.7 Å². The number of ether oxygens (including phenoxy) is 1. The zero-order chi connectivity index (χ0) is 14.8. The smallest absolute Gasteiger partial charge is 0.222 e. The quantitative estimate of drug-likeness (QED) is 0.916. The molecule has 21 heavy (non-hydrogen) atoms. The predicted molar refractivity (Wildman–Crippen MR) is 78.5 cm³/mol. The molecule has 1 saturated heterocycles. The van der Waals surface area contributed by atoms with Crippen LogP contribution in [0.2, 0.25) is 0 Å². The van der Waals surface area contributed by atoms with E-state index in [0.29, 0.717) is 13.2 Å². The van der Waals surface area contributed by atoms with Gasteiger partial charge in [-0.15, -0.1) is 0 Å². The molecule has 2 aromatic rings. The normalized spacial score (nSPS) is 18.8. The summed E-state index contributed by atoms with van der Waals surface area (Å²) in [5.41, 5.74) is 7.50. The molecule has 5 nitrogen and oxygen atoms in total. The van der Waals surface area contributed by atoms with Gasteiger partial charge in [0.25, 0.3) is 0 Å². The predicted octanol–water partition coefficient (Wildman–Crippen LogP) is 2.08. The number of hydrogen-bond acceptors (Lipinski definition) is 5. The van der Waals surface area contributed by atoms with Crippen molar-refractivity contribution in [3.8, 4) is 0 Å². The Morgan fingerprint density at radius 1 is 1.29 bits per heavy atom. The Labute approximate surface area is 122 Å². The molecule has 0 spiro atoms. The van der Waals surface area contributed by atoms with Gasteiger partial charge in [0.05, 0.1) is 6.61 Å². The van der Waals surface area contributed by atoms with Crippen molar-refractivity contribution in [2.75, 3.05) is 30.3 Å². The number of benzene rings is 1. The lowest BCUT2D eigenvalue weighted by molar-refractivity contribution is 0.0395. The number of nitrogens with two attached hydrogens (primary N) is 1. The summed E-state index contributed by atoms with van der Waals surface area (Å²) in [6, 6.07) is 8.31. The number of aromatic nitrogens is 2. The SMILES string of the molecule is Cc1cc(N2CCO[C@H](c3ccc(F)cc3)C2)nc(N)n1. The molecular formula is C15H17FN4O. The maximum Gasteiger partial charge on any atom is 0.222 e. The van der Waals surface area contributed by atoms with Crippen molar-refractivity contribution in [2.24, 2.45) is 0 Å². The van der Waals surface area contributed by atoms with Crippen LogP contribution in [0.4, 0.5) is 16.2 Å². The third-order valence-electron chi connectivity index (χ3n) is 3.49. The summed E-state index contributed by atoms with van der Waals surface area (Å²) in [4.78, 5) is 10.5. The van der Waals surface area contributed by atoms with Crippen LogP contribution in [0.25, 0.3) is 0 Å². The van der Waals surface area contributed by atoms with Gasteiger partial charge in [-0.25, -0.2) is 9.37 Å². The molecule has 0 bridgehead atoms. The monoisotopic (exact) mass is 288 g/mol. The van der Waals surface area contributed by atoms with E-state index in [0.717, 1.165) is 23.6 Å². The van der Waals surface area contributed by atoms with E-state index in [4.69, 9.17) is 10.5 Å². The zero-order valence-corrected chi connectivity index (χ0v) is 11.8. The van der Waals surface area contributed by atoms with Crippen LogP contribution in [0.3, 0.4) is 0 Å². The molecule has 0 unspecified atom stereocenters. The van der Waals surface area contributed by atoms with E-state index in [1.807, 2.05) is 13.0 Å². The Morgan fingerprint density at radius 3 is 2.76 bits per heavy atom. The van der Waals surface area contributed by atoms with Gasteiger partial charge >= 0.3 is 0 Å². The Bertz CT molecular complexity index is 612. The highest BCUT2D eigenvalue weighted by Crippen LogP contribution is 2.25. The molecule has 0 radical (unpaired) electrons. The number of halogens is 1. The van der Waals surface area contributed by atoms with E-state index in [1.165, 1.54) is 12.1 Å². The summed E-state index contributed by atoms with van der Waals surface area (Å²) in [7, 11) is 0. The van der Waals surface area contributed by atoms with Crippen LogP contribution < -0.4 is 10.6 Å². The number of nitrogens with zero attached hydrogens (tertiary/aromatic N) is 3. The Balaban J connectivity index is 1.80. The number of hydrogen-bond donors (Lipinski definition) is 1. The summed E-state index contributed by atoms with van der Waals surface area (Å²) < 4.78 is 18.8. The molecule has 0 amide bonds. The summed E-state index contributed by atoms with van der Waals surface area (Å²) in [6.45, 7) is 3.87. The summed E-state index contributed by atoms with van der Waals surface area (Å²) in [6.07, 6.45) is -0.101. The van der Waals surface area contributed by atoms with E-state index in [-0.39, 0.29) is 17.9 Å². The topological polar surface area (TPSA) is 64.3 Å². The zero-order valence-electron chi connectivity index (χ0n) is 11.8. The van der Waals surface area contributed by atoms with E-state index >= 15 is 0 Å². The van der Waals surface area contributed by atoms with E-state index in [2.05, 4.69) is 14.9 Å². The van der Waals surface area contributed by atoms with E-state index in [1.54, 1.807) is 12.1 Å². The minimum Gasteiger partial charge on any atom is -0.370 e. The fourth-order valence-corrected chi connectivity index (χ4v) is 2.47. The molecule has 6 heteroatoms. The Kier molecular flexibility index (Phi) is 3.70. The molecule has 1 aromatic carbocycles. The van der Waals surface area contributed by atoms with Gasteiger partial charge in [-0.1, -0.05) is 12.1 Å². The van der Waals surface area contributed by atoms with E-state index in [9.17, 15) is 4.39 Å². The number of morpholine rings is 1. The van der Waals surface area contributed by atoms with Crippen LogP contribution in [0, 0.1) is 12.7 Å². The molecule has 3 rings (SSSR count). The first-order valence-corrected chi connectivity index (χ1v) is 6.85. The van der Waals surface area contributed by atoms with Gasteiger partial charge in [-0.05, 0) is 24.6 Å². The molecule has 1 fully saturated rings. The first-order valence-electron chi connectivity index (χ1n) is 6.85. The van der Waals surface area contributed by atoms with E-state index < -0.39 is 0 Å². The van der Waals surface area contributed by atoms with Gasteiger partial charge in [0, 0.05) is 24.8 Å². The summed E-state index contributed by atoms with van der Waals surface area (Å²) in [5, 5.41) is 0. The first-order chi connectivity index (χ1) is 10.1. The highest BCUT2D eigenvalue weighted by Gasteiger charge is 2.23. The third-order valence-corrected chi connectivity index (χ3v) is 3.49. The molecule has 2 N–H and O–H groups in total. The van der Waals surface area contributed by atoms with Crippen molar-refractivity contribution in [3.05, 3.63) is 47.4 Å². The van der Waals surface area contributed by atoms with Crippen LogP contribution in [-0.2, 0) is 4.74 Å². The highest BCUT2D eigenvalue weighted by molar-refractivity contribution is 5.44. The lowest BCUT2D eigenvalue weighted by Gasteiger charge is -2.34. The second-order valence-corrected chi connectivity index (χ2v) is 5.08. The molecule has 1 aliphatic rings. The van der Waals surface area contributed by atoms with Crippen LogP contribution in [0.15, 0.2) is 30.3 Å². The van der Waals surface area contributed by atoms with Crippen LogP contribution in [0.1, 0.15) is 17.4 Å². The summed E-state index contributed by atoms with van der Waals surface area (Å²) >= 11 is 0. The molecule has 110 valence electrons. The average Bonchev–Trinajstić information content (AvgIpc) is 2.47. The molecular weight excluding hydrogens is 271 g/mol. The molecule has 0 aliphatic carbocycles. The van der Waals surface area contributed by atoms with Gasteiger partial charge < -0.3 is 15.4 Å². The largest absolute Gasteiger partial charge is 0.370 e. The molecule has 1 aliphatic heterocycles. The average molecular weight is 288 g/mol. The van der Waals surface area contributed by atoms with Crippen molar-refractivity contribution in [2.45, 2.75) is 13.0 Å². The number of anilines is 2. The Hall–Kier alpha value is -2.21. The maximum absolute atomic E-state index is 13.0. The number of aryl methyl sites for hydroxylation is 1. The highest BCUT2D eigenvalue weighted by atomic mass is 19.1. The van der Waals surface area contributed by atoms with Gasteiger partial charge in [0.1, 0.15) is 17.7 Å². The lowest BCUT2D eigenvalue weighted by atomic mass is 10.1. The first kappa shape index (κ1) is 13.8. The molecule has 2 heterocycles. The fourth-order valence-electron chi connectivity index (χ4n) is 2.47. The van der Waals surface area contributed by atoms with Gasteiger partial charge in [-0.2, -0.15) is 4.98 Å². The summed E-state index contributed by atoms with van der Waals surface area (Å²) in [5.74, 6) is 0.829. The van der Waals surface area contributed by atoms with Crippen molar-refractivity contribution < 1.29 is 9.13 Å². The number of rotatable bonds is 2. The standard InChI is InChI=1S/C15H17FN4O/c1-10-8-14(19-15(17)18-10)20-6-7-21-13(9-20)11-2-4-12(16)5-3-11/h2-5,8,13H,6-7,9H2,1H3,(H2,17,18,19)/t13-/m0/s1. The molecule has 1 aromatic heterocycles. The lowest BCUT2D eigenvalue weighted by Crippen LogP contribution is -2.39. The van der Waals surface area contributed by atoms with Crippen LogP contribution >= 0.6 is 0 Å². The van der Waals surface area contributed by atoms with Crippen molar-refractivity contribution in [3.63, 3.8) is 0 Å².